The Morgan fingerprint density at radius 3 is 2.50 bits per heavy atom. The average Bonchev–Trinajstić information content (AvgIpc) is 3.29. The van der Waals surface area contributed by atoms with Gasteiger partial charge in [-0.1, -0.05) is 20.8 Å². The summed E-state index contributed by atoms with van der Waals surface area (Å²) < 4.78 is 5.57. The molecule has 2 amide bonds. The van der Waals surface area contributed by atoms with E-state index in [-0.39, 0.29) is 30.4 Å². The summed E-state index contributed by atoms with van der Waals surface area (Å²) in [7, 11) is 1.61. The van der Waals surface area contributed by atoms with E-state index in [1.165, 1.54) is 4.90 Å². The quantitative estimate of drug-likeness (QED) is 0.773. The first-order valence-corrected chi connectivity index (χ1v) is 10.3. The molecule has 0 aliphatic heterocycles. The Bertz CT molecular complexity index is 835. The minimum Gasteiger partial charge on any atom is -0.484 e. The molecule has 150 valence electrons. The number of likely N-dealkylation sites (N-methyl/N-ethyl adjacent to an activating group) is 1. The monoisotopic (exact) mass is 401 g/mol. The first-order chi connectivity index (χ1) is 13.2. The minimum absolute atomic E-state index is 0.0275. The van der Waals surface area contributed by atoms with Gasteiger partial charge < -0.3 is 15.0 Å². The van der Waals surface area contributed by atoms with E-state index in [4.69, 9.17) is 9.72 Å². The fraction of sp³-hybridized carbons (Fsp3) is 0.476. The van der Waals surface area contributed by atoms with E-state index >= 15 is 0 Å². The summed E-state index contributed by atoms with van der Waals surface area (Å²) in [6, 6.07) is 7.85. The Balaban J connectivity index is 1.50. The molecule has 0 spiro atoms. The maximum Gasteiger partial charge on any atom is 0.260 e. The second-order valence-corrected chi connectivity index (χ2v) is 9.05. The lowest BCUT2D eigenvalue weighted by Crippen LogP contribution is -2.40. The summed E-state index contributed by atoms with van der Waals surface area (Å²) in [6.07, 6.45) is 2.06. The molecular weight excluding hydrogens is 374 g/mol. The van der Waals surface area contributed by atoms with Gasteiger partial charge in [-0.2, -0.15) is 0 Å². The van der Waals surface area contributed by atoms with Crippen molar-refractivity contribution in [1.29, 1.82) is 0 Å². The lowest BCUT2D eigenvalue weighted by Gasteiger charge is -2.17. The van der Waals surface area contributed by atoms with Gasteiger partial charge in [-0.3, -0.25) is 9.59 Å². The van der Waals surface area contributed by atoms with Crippen LogP contribution in [-0.4, -0.2) is 47.9 Å². The molecule has 0 saturated heterocycles. The normalized spacial score (nSPS) is 13.9. The highest BCUT2D eigenvalue weighted by molar-refractivity contribution is 7.13. The molecule has 1 heterocycles. The molecule has 1 saturated carbocycles. The molecule has 0 unspecified atom stereocenters. The van der Waals surface area contributed by atoms with Gasteiger partial charge in [0.15, 0.2) is 6.61 Å². The fourth-order valence-corrected chi connectivity index (χ4v) is 3.56. The first kappa shape index (κ1) is 20.3. The second kappa shape index (κ2) is 8.31. The number of hydrogen-bond donors (Lipinski definition) is 1. The van der Waals surface area contributed by atoms with E-state index in [0.29, 0.717) is 11.8 Å². The molecule has 28 heavy (non-hydrogen) atoms. The van der Waals surface area contributed by atoms with Gasteiger partial charge >= 0.3 is 0 Å². The van der Waals surface area contributed by atoms with Gasteiger partial charge in [-0.05, 0) is 37.1 Å². The number of aromatic nitrogens is 1. The third kappa shape index (κ3) is 5.55. The van der Waals surface area contributed by atoms with Gasteiger partial charge in [-0.15, -0.1) is 11.3 Å². The van der Waals surface area contributed by atoms with Gasteiger partial charge in [0.1, 0.15) is 10.8 Å². The zero-order valence-electron chi connectivity index (χ0n) is 16.8. The lowest BCUT2D eigenvalue weighted by atomic mass is 9.93. The Morgan fingerprint density at radius 2 is 1.93 bits per heavy atom. The Kier molecular flexibility index (Phi) is 6.03. The van der Waals surface area contributed by atoms with E-state index in [2.05, 4.69) is 31.5 Å². The van der Waals surface area contributed by atoms with E-state index in [0.717, 1.165) is 29.1 Å². The van der Waals surface area contributed by atoms with Crippen LogP contribution in [0.4, 0.5) is 0 Å². The molecule has 1 aliphatic rings. The van der Waals surface area contributed by atoms with Crippen molar-refractivity contribution in [3.8, 4) is 16.3 Å². The highest BCUT2D eigenvalue weighted by Gasteiger charge is 2.24. The number of nitrogens with zero attached hydrogens (tertiary/aromatic N) is 2. The van der Waals surface area contributed by atoms with Crippen molar-refractivity contribution in [3.05, 3.63) is 35.3 Å². The molecule has 1 aromatic heterocycles. The summed E-state index contributed by atoms with van der Waals surface area (Å²) in [6.45, 7) is 6.39. The summed E-state index contributed by atoms with van der Waals surface area (Å²) in [5, 5.41) is 5.93. The molecule has 1 aromatic carbocycles. The molecule has 6 nitrogen and oxygen atoms in total. The zero-order chi connectivity index (χ0) is 20.3. The van der Waals surface area contributed by atoms with Crippen LogP contribution in [0.25, 0.3) is 10.6 Å². The van der Waals surface area contributed by atoms with Crippen molar-refractivity contribution in [2.75, 3.05) is 20.2 Å². The van der Waals surface area contributed by atoms with Crippen LogP contribution < -0.4 is 10.1 Å². The Hall–Kier alpha value is -2.41. The SMILES string of the molecule is CN(CC(=O)NC1CC1)C(=O)COc1ccc(-c2nc(C(C)(C)C)cs2)cc1. The molecule has 0 radical (unpaired) electrons. The van der Waals surface area contributed by atoms with Crippen LogP contribution >= 0.6 is 11.3 Å². The number of hydrogen-bond acceptors (Lipinski definition) is 5. The van der Waals surface area contributed by atoms with E-state index in [9.17, 15) is 9.59 Å². The maximum atomic E-state index is 12.2. The minimum atomic E-state index is -0.232. The molecule has 1 fully saturated rings. The van der Waals surface area contributed by atoms with Crippen molar-refractivity contribution in [2.45, 2.75) is 45.1 Å². The van der Waals surface area contributed by atoms with Crippen LogP contribution in [0.15, 0.2) is 29.6 Å². The molecule has 2 aromatic rings. The van der Waals surface area contributed by atoms with Gasteiger partial charge in [0.05, 0.1) is 12.2 Å². The Morgan fingerprint density at radius 1 is 1.25 bits per heavy atom. The third-order valence-electron chi connectivity index (χ3n) is 4.49. The number of carbonyl (C=O) groups excluding carboxylic acids is 2. The smallest absolute Gasteiger partial charge is 0.260 e. The second-order valence-electron chi connectivity index (χ2n) is 8.19. The Labute approximate surface area is 169 Å². The van der Waals surface area contributed by atoms with Crippen molar-refractivity contribution >= 4 is 23.2 Å². The summed E-state index contributed by atoms with van der Waals surface area (Å²) >= 11 is 1.62. The average molecular weight is 402 g/mol. The van der Waals surface area contributed by atoms with E-state index < -0.39 is 0 Å². The van der Waals surface area contributed by atoms with Crippen LogP contribution in [0.1, 0.15) is 39.3 Å². The summed E-state index contributed by atoms with van der Waals surface area (Å²) in [5.41, 5.74) is 2.12. The van der Waals surface area contributed by atoms with Crippen LogP contribution in [-0.2, 0) is 15.0 Å². The number of carbonyl (C=O) groups is 2. The van der Waals surface area contributed by atoms with Crippen LogP contribution in [0.3, 0.4) is 0 Å². The highest BCUT2D eigenvalue weighted by atomic mass is 32.1. The van der Waals surface area contributed by atoms with Crippen molar-refractivity contribution < 1.29 is 14.3 Å². The van der Waals surface area contributed by atoms with Crippen LogP contribution in [0.2, 0.25) is 0 Å². The number of ether oxygens (including phenoxy) is 1. The number of thiazole rings is 1. The van der Waals surface area contributed by atoms with Crippen LogP contribution in [0, 0.1) is 0 Å². The molecule has 0 atom stereocenters. The number of nitrogens with one attached hydrogen (secondary N) is 1. The lowest BCUT2D eigenvalue weighted by molar-refractivity contribution is -0.136. The predicted octanol–water partition coefficient (Wildman–Crippen LogP) is 3.22. The predicted molar refractivity (Wildman–Crippen MR) is 111 cm³/mol. The van der Waals surface area contributed by atoms with Gasteiger partial charge in [-0.25, -0.2) is 4.98 Å². The number of benzene rings is 1. The zero-order valence-corrected chi connectivity index (χ0v) is 17.6. The largest absolute Gasteiger partial charge is 0.484 e. The molecule has 3 rings (SSSR count). The van der Waals surface area contributed by atoms with E-state index in [1.54, 1.807) is 18.4 Å². The number of rotatable bonds is 7. The van der Waals surface area contributed by atoms with Crippen molar-refractivity contribution in [1.82, 2.24) is 15.2 Å². The molecule has 0 bridgehead atoms. The van der Waals surface area contributed by atoms with Gasteiger partial charge in [0.25, 0.3) is 5.91 Å². The van der Waals surface area contributed by atoms with Crippen molar-refractivity contribution in [2.24, 2.45) is 0 Å². The molecular formula is C21H27N3O3S. The molecule has 7 heteroatoms. The van der Waals surface area contributed by atoms with Crippen LogP contribution in [0.5, 0.6) is 5.75 Å². The fourth-order valence-electron chi connectivity index (χ4n) is 2.50. The molecule has 1 N–H and O–H groups in total. The molecule has 1 aliphatic carbocycles. The van der Waals surface area contributed by atoms with Gasteiger partial charge in [0, 0.05) is 29.4 Å². The number of amides is 2. The maximum absolute atomic E-state index is 12.2. The first-order valence-electron chi connectivity index (χ1n) is 9.45. The van der Waals surface area contributed by atoms with E-state index in [1.807, 2.05) is 24.3 Å². The third-order valence-corrected chi connectivity index (χ3v) is 5.38. The topological polar surface area (TPSA) is 71.5 Å². The highest BCUT2D eigenvalue weighted by Crippen LogP contribution is 2.30. The summed E-state index contributed by atoms with van der Waals surface area (Å²) in [5.74, 6) is 0.256. The summed E-state index contributed by atoms with van der Waals surface area (Å²) in [4.78, 5) is 30.0. The standard InChI is InChI=1S/C21H27N3O3S/c1-21(2,3)17-13-28-20(23-17)14-5-9-16(10-6-14)27-12-19(26)24(4)11-18(25)22-15-7-8-15/h5-6,9-10,13,15H,7-8,11-12H2,1-4H3,(H,22,25). The van der Waals surface area contributed by atoms with Gasteiger partial charge in [0.2, 0.25) is 5.91 Å². The van der Waals surface area contributed by atoms with Crippen molar-refractivity contribution in [3.63, 3.8) is 0 Å².